The second-order valence-corrected chi connectivity index (χ2v) is 5.98. The maximum Gasteiger partial charge on any atom is 0.469 e. The number of hydrogen-bond donors (Lipinski definition) is 5. The Kier molecular flexibility index (Phi) is 4.93. The van der Waals surface area contributed by atoms with Crippen LogP contribution < -0.4 is 10.3 Å². The van der Waals surface area contributed by atoms with E-state index in [1.807, 2.05) is 0 Å². The first kappa shape index (κ1) is 17.0. The van der Waals surface area contributed by atoms with Crippen molar-refractivity contribution in [1.29, 1.82) is 0 Å². The summed E-state index contributed by atoms with van der Waals surface area (Å²) in [4.78, 5) is 28.4. The van der Waals surface area contributed by atoms with Crippen molar-refractivity contribution in [1.82, 2.24) is 0 Å². The minimum Gasteiger partial charge on any atom is -0.387 e. The Hall–Kier alpha value is -1.39. The molecule has 0 bridgehead atoms. The predicted octanol–water partition coefficient (Wildman–Crippen LogP) is -2.20. The average Bonchev–Trinajstić information content (AvgIpc) is 2.72. The molecule has 10 nitrogen and oxygen atoms in total. The highest BCUT2D eigenvalue weighted by Gasteiger charge is 2.48. The van der Waals surface area contributed by atoms with Gasteiger partial charge in [-0.25, -0.2) is 4.57 Å². The van der Waals surface area contributed by atoms with Crippen LogP contribution in [0.3, 0.4) is 0 Å². The van der Waals surface area contributed by atoms with E-state index >= 15 is 0 Å². The lowest BCUT2D eigenvalue weighted by atomic mass is 10.1. The fraction of sp³-hybridized carbons (Fsp3) is 0.455. The van der Waals surface area contributed by atoms with Crippen molar-refractivity contribution in [2.24, 2.45) is 5.73 Å². The predicted molar refractivity (Wildman–Crippen MR) is 69.1 cm³/mol. The van der Waals surface area contributed by atoms with Crippen LogP contribution in [-0.2, 0) is 13.8 Å². The number of pyridine rings is 1. The summed E-state index contributed by atoms with van der Waals surface area (Å²) >= 11 is 0. The van der Waals surface area contributed by atoms with E-state index in [1.54, 1.807) is 0 Å². The van der Waals surface area contributed by atoms with Gasteiger partial charge in [-0.3, -0.25) is 9.32 Å². The van der Waals surface area contributed by atoms with Crippen LogP contribution in [0.4, 0.5) is 0 Å². The normalized spacial score (nSPS) is 28.7. The summed E-state index contributed by atoms with van der Waals surface area (Å²) in [5.41, 5.74) is 5.32. The highest BCUT2D eigenvalue weighted by Crippen LogP contribution is 2.37. The molecule has 2 heterocycles. The molecule has 122 valence electrons. The zero-order valence-electron chi connectivity index (χ0n) is 11.2. The number of aliphatic hydroxyl groups excluding tert-OH is 2. The third kappa shape index (κ3) is 3.87. The smallest absolute Gasteiger partial charge is 0.387 e. The van der Waals surface area contributed by atoms with Crippen molar-refractivity contribution in [3.8, 4) is 0 Å². The summed E-state index contributed by atoms with van der Waals surface area (Å²) in [6, 6.07) is 2.97. The second kappa shape index (κ2) is 6.39. The van der Waals surface area contributed by atoms with E-state index in [4.69, 9.17) is 20.3 Å². The summed E-state index contributed by atoms with van der Waals surface area (Å²) in [6.07, 6.45) is -2.18. The van der Waals surface area contributed by atoms with Crippen LogP contribution in [0, 0.1) is 0 Å². The van der Waals surface area contributed by atoms with Crippen molar-refractivity contribution in [2.45, 2.75) is 24.5 Å². The molecule has 0 radical (unpaired) electrons. The van der Waals surface area contributed by atoms with Gasteiger partial charge in [-0.1, -0.05) is 0 Å². The second-order valence-electron chi connectivity index (χ2n) is 4.74. The summed E-state index contributed by atoms with van der Waals surface area (Å²) in [6.45, 7) is -0.602. The zero-order chi connectivity index (χ0) is 16.5. The molecule has 22 heavy (non-hydrogen) atoms. The Morgan fingerprint density at radius 3 is 2.68 bits per heavy atom. The summed E-state index contributed by atoms with van der Waals surface area (Å²) in [5.74, 6) is -0.677. The van der Waals surface area contributed by atoms with Gasteiger partial charge in [0.2, 0.25) is 0 Å². The quantitative estimate of drug-likeness (QED) is 0.299. The van der Waals surface area contributed by atoms with Crippen molar-refractivity contribution in [2.75, 3.05) is 6.61 Å². The molecule has 1 aromatic rings. The number of primary amides is 1. The Labute approximate surface area is 124 Å². The van der Waals surface area contributed by atoms with Crippen LogP contribution in [0.2, 0.25) is 0 Å². The fourth-order valence-electron chi connectivity index (χ4n) is 2.08. The molecule has 6 N–H and O–H groups in total. The van der Waals surface area contributed by atoms with Gasteiger partial charge in [-0.15, -0.1) is 0 Å². The van der Waals surface area contributed by atoms with E-state index in [0.717, 1.165) is 0 Å². The topological polar surface area (TPSA) is 163 Å². The summed E-state index contributed by atoms with van der Waals surface area (Å²) in [7, 11) is -4.72. The van der Waals surface area contributed by atoms with Crippen LogP contribution in [0.5, 0.6) is 0 Å². The molecule has 1 saturated heterocycles. The van der Waals surface area contributed by atoms with Gasteiger partial charge in [-0.2, -0.15) is 4.57 Å². The van der Waals surface area contributed by atoms with Crippen molar-refractivity contribution >= 4 is 13.7 Å². The number of carbonyl (C=O) groups excluding carboxylic acids is 1. The van der Waals surface area contributed by atoms with E-state index in [0.29, 0.717) is 0 Å². The SMILES string of the molecule is NC(=O)c1ccc[n+]([C@@H]2O[C@H](COP(=O)(O)O)[C@H](O)C2O)c1. The van der Waals surface area contributed by atoms with Gasteiger partial charge >= 0.3 is 7.82 Å². The summed E-state index contributed by atoms with van der Waals surface area (Å²) < 4.78 is 21.6. The molecule has 1 amide bonds. The Morgan fingerprint density at radius 2 is 2.09 bits per heavy atom. The van der Waals surface area contributed by atoms with Gasteiger partial charge in [0.25, 0.3) is 12.1 Å². The van der Waals surface area contributed by atoms with Crippen molar-refractivity contribution < 1.29 is 43.2 Å². The van der Waals surface area contributed by atoms with E-state index in [9.17, 15) is 19.6 Å². The minimum atomic E-state index is -4.72. The molecule has 4 atom stereocenters. The average molecular weight is 335 g/mol. The number of aliphatic hydroxyl groups is 2. The number of phosphoric ester groups is 1. The molecule has 1 aromatic heterocycles. The maximum atomic E-state index is 11.1. The van der Waals surface area contributed by atoms with Gasteiger partial charge in [-0.05, 0) is 6.07 Å². The molecule has 1 unspecified atom stereocenters. The minimum absolute atomic E-state index is 0.169. The molecule has 0 aliphatic carbocycles. The number of carbonyl (C=O) groups is 1. The number of hydrogen-bond acceptors (Lipinski definition) is 6. The standard InChI is InChI=1S/C11H15N2O8P/c12-10(16)6-2-1-3-13(4-6)11-9(15)8(14)7(21-11)5-20-22(17,18)19/h1-4,7-9,11,14-15H,5H2,(H3-,12,16,17,18,19)/p+1/t7-,8+,9?,11-/m1/s1. The molecule has 0 aromatic carbocycles. The highest BCUT2D eigenvalue weighted by molar-refractivity contribution is 7.46. The lowest BCUT2D eigenvalue weighted by Gasteiger charge is -2.13. The molecule has 11 heteroatoms. The Morgan fingerprint density at radius 1 is 1.41 bits per heavy atom. The van der Waals surface area contributed by atoms with Crippen molar-refractivity contribution in [3.05, 3.63) is 30.1 Å². The van der Waals surface area contributed by atoms with Crippen molar-refractivity contribution in [3.63, 3.8) is 0 Å². The first-order chi connectivity index (χ1) is 10.2. The van der Waals surface area contributed by atoms with E-state index in [2.05, 4.69) is 4.52 Å². The van der Waals surface area contributed by atoms with E-state index < -0.39 is 44.9 Å². The summed E-state index contributed by atoms with van der Waals surface area (Å²) in [5, 5.41) is 19.8. The number of amides is 1. The van der Waals surface area contributed by atoms with Gasteiger partial charge in [0.05, 0.1) is 6.61 Å². The lowest BCUT2D eigenvalue weighted by Crippen LogP contribution is -2.46. The molecule has 0 saturated carbocycles. The molecule has 1 aliphatic rings. The first-order valence-corrected chi connectivity index (χ1v) is 7.74. The highest BCUT2D eigenvalue weighted by atomic mass is 31.2. The lowest BCUT2D eigenvalue weighted by molar-refractivity contribution is -0.765. The maximum absolute atomic E-state index is 11.1. The molecule has 2 rings (SSSR count). The molecular weight excluding hydrogens is 319 g/mol. The van der Waals surface area contributed by atoms with Gasteiger partial charge in [0.1, 0.15) is 17.8 Å². The van der Waals surface area contributed by atoms with Crippen LogP contribution in [0.1, 0.15) is 16.6 Å². The van der Waals surface area contributed by atoms with Crippen LogP contribution in [0.25, 0.3) is 0 Å². The third-order valence-electron chi connectivity index (χ3n) is 3.14. The first-order valence-electron chi connectivity index (χ1n) is 6.21. The number of nitrogens with two attached hydrogens (primary N) is 1. The number of phosphoric acid groups is 1. The number of aromatic nitrogens is 1. The molecule has 1 fully saturated rings. The van der Waals surface area contributed by atoms with Crippen LogP contribution in [0.15, 0.2) is 24.5 Å². The van der Waals surface area contributed by atoms with Gasteiger partial charge in [0, 0.05) is 6.07 Å². The van der Waals surface area contributed by atoms with E-state index in [-0.39, 0.29) is 5.56 Å². The monoisotopic (exact) mass is 335 g/mol. The van der Waals surface area contributed by atoms with Gasteiger partial charge < -0.3 is 30.5 Å². The fourth-order valence-corrected chi connectivity index (χ4v) is 2.42. The largest absolute Gasteiger partial charge is 0.469 e. The molecule has 1 aliphatic heterocycles. The third-order valence-corrected chi connectivity index (χ3v) is 3.63. The zero-order valence-corrected chi connectivity index (χ0v) is 12.1. The Balaban J connectivity index is 2.14. The number of nitrogens with zero attached hydrogens (tertiary/aromatic N) is 1. The van der Waals surface area contributed by atoms with Gasteiger partial charge in [0.15, 0.2) is 18.5 Å². The van der Waals surface area contributed by atoms with Crippen LogP contribution in [-0.4, -0.2) is 50.8 Å². The number of ether oxygens (including phenoxy) is 1. The number of rotatable bonds is 5. The van der Waals surface area contributed by atoms with E-state index in [1.165, 1.54) is 29.1 Å². The van der Waals surface area contributed by atoms with Crippen LogP contribution >= 0.6 is 7.82 Å². The molecule has 0 spiro atoms. The Bertz CT molecular complexity index is 606. The molecular formula is C11H16N2O8P+.